The molecule has 1 heterocycles. The zero-order valence-electron chi connectivity index (χ0n) is 12.7. The van der Waals surface area contributed by atoms with Crippen molar-refractivity contribution < 1.29 is 9.21 Å². The number of aromatic nitrogens is 1. The summed E-state index contributed by atoms with van der Waals surface area (Å²) >= 11 is 0. The number of amides is 1. The third kappa shape index (κ3) is 3.84. The minimum Gasteiger partial charge on any atom is -0.444 e. The normalized spacial score (nSPS) is 10.4. The maximum atomic E-state index is 12.3. The molecule has 0 saturated heterocycles. The van der Waals surface area contributed by atoms with Gasteiger partial charge in [-0.05, 0) is 26.0 Å². The number of hydrogen-bond acceptors (Lipinski definition) is 4. The summed E-state index contributed by atoms with van der Waals surface area (Å²) in [5.41, 5.74) is 2.52. The zero-order chi connectivity index (χ0) is 15.2. The van der Waals surface area contributed by atoms with Gasteiger partial charge in [-0.1, -0.05) is 18.6 Å². The lowest BCUT2D eigenvalue weighted by atomic mass is 10.1. The molecule has 0 fully saturated rings. The van der Waals surface area contributed by atoms with Crippen molar-refractivity contribution in [3.05, 3.63) is 47.2 Å². The Kier molecular flexibility index (Phi) is 4.98. The molecule has 0 aliphatic carbocycles. The van der Waals surface area contributed by atoms with E-state index >= 15 is 0 Å². The molecule has 5 nitrogen and oxygen atoms in total. The van der Waals surface area contributed by atoms with Crippen molar-refractivity contribution in [1.82, 2.24) is 10.3 Å². The van der Waals surface area contributed by atoms with E-state index in [1.165, 1.54) is 0 Å². The van der Waals surface area contributed by atoms with Crippen LogP contribution in [-0.4, -0.2) is 17.4 Å². The van der Waals surface area contributed by atoms with Gasteiger partial charge in [-0.15, -0.1) is 0 Å². The standard InChI is InChI=1S/C16H21N3O2/c1-4-12-9-18-15(21-12)10-19-16(20)13-8-11(3)6-7-14(13)17-5-2/h6-9,17H,4-5,10H2,1-3H3,(H,19,20). The molecule has 0 atom stereocenters. The van der Waals surface area contributed by atoms with Crippen molar-refractivity contribution in [3.8, 4) is 0 Å². The molecule has 0 unspecified atom stereocenters. The quantitative estimate of drug-likeness (QED) is 0.857. The molecule has 0 spiro atoms. The number of benzene rings is 1. The number of aryl methyl sites for hydroxylation is 2. The Bertz CT molecular complexity index is 620. The van der Waals surface area contributed by atoms with Crippen LogP contribution in [0.4, 0.5) is 5.69 Å². The molecule has 2 N–H and O–H groups in total. The Morgan fingerprint density at radius 3 is 2.81 bits per heavy atom. The van der Waals surface area contributed by atoms with E-state index in [1.807, 2.05) is 39.0 Å². The molecule has 0 saturated carbocycles. The third-order valence-electron chi connectivity index (χ3n) is 3.14. The highest BCUT2D eigenvalue weighted by Gasteiger charge is 2.12. The molecule has 112 valence electrons. The average Bonchev–Trinajstić information content (AvgIpc) is 2.95. The van der Waals surface area contributed by atoms with Crippen LogP contribution in [0.25, 0.3) is 0 Å². The van der Waals surface area contributed by atoms with Gasteiger partial charge in [0.15, 0.2) is 0 Å². The van der Waals surface area contributed by atoms with Gasteiger partial charge in [0.05, 0.1) is 18.3 Å². The summed E-state index contributed by atoms with van der Waals surface area (Å²) in [6.45, 7) is 7.02. The zero-order valence-corrected chi connectivity index (χ0v) is 12.7. The maximum Gasteiger partial charge on any atom is 0.253 e. The number of hydrogen-bond donors (Lipinski definition) is 2. The second-order valence-electron chi connectivity index (χ2n) is 4.84. The van der Waals surface area contributed by atoms with E-state index in [0.29, 0.717) is 18.0 Å². The molecule has 2 aromatic rings. The number of oxazole rings is 1. The van der Waals surface area contributed by atoms with Crippen LogP contribution in [0.2, 0.25) is 0 Å². The number of nitrogens with zero attached hydrogens (tertiary/aromatic N) is 1. The molecule has 2 rings (SSSR count). The van der Waals surface area contributed by atoms with Crippen LogP contribution < -0.4 is 10.6 Å². The second kappa shape index (κ2) is 6.92. The highest BCUT2D eigenvalue weighted by atomic mass is 16.4. The van der Waals surface area contributed by atoms with E-state index in [-0.39, 0.29) is 5.91 Å². The lowest BCUT2D eigenvalue weighted by Gasteiger charge is -2.11. The number of rotatable bonds is 6. The van der Waals surface area contributed by atoms with E-state index < -0.39 is 0 Å². The molecule has 21 heavy (non-hydrogen) atoms. The van der Waals surface area contributed by atoms with Crippen LogP contribution in [0.15, 0.2) is 28.8 Å². The van der Waals surface area contributed by atoms with Gasteiger partial charge in [0.1, 0.15) is 5.76 Å². The number of carbonyl (C=O) groups is 1. The monoisotopic (exact) mass is 287 g/mol. The van der Waals surface area contributed by atoms with Gasteiger partial charge in [-0.3, -0.25) is 4.79 Å². The average molecular weight is 287 g/mol. The fraction of sp³-hybridized carbons (Fsp3) is 0.375. The fourth-order valence-electron chi connectivity index (χ4n) is 2.03. The molecule has 0 radical (unpaired) electrons. The number of carbonyl (C=O) groups excluding carboxylic acids is 1. The van der Waals surface area contributed by atoms with Crippen LogP contribution in [0.5, 0.6) is 0 Å². The van der Waals surface area contributed by atoms with E-state index in [0.717, 1.165) is 30.0 Å². The van der Waals surface area contributed by atoms with Crippen LogP contribution >= 0.6 is 0 Å². The summed E-state index contributed by atoms with van der Waals surface area (Å²) in [5, 5.41) is 6.04. The van der Waals surface area contributed by atoms with Gasteiger partial charge in [0.2, 0.25) is 5.89 Å². The van der Waals surface area contributed by atoms with Gasteiger partial charge in [0.25, 0.3) is 5.91 Å². The van der Waals surface area contributed by atoms with Crippen molar-refractivity contribution in [2.24, 2.45) is 0 Å². The van der Waals surface area contributed by atoms with Crippen molar-refractivity contribution in [1.29, 1.82) is 0 Å². The summed E-state index contributed by atoms with van der Waals surface area (Å²) in [7, 11) is 0. The van der Waals surface area contributed by atoms with Gasteiger partial charge in [-0.2, -0.15) is 0 Å². The van der Waals surface area contributed by atoms with Crippen molar-refractivity contribution >= 4 is 11.6 Å². The van der Waals surface area contributed by atoms with Crippen molar-refractivity contribution in [2.75, 3.05) is 11.9 Å². The van der Waals surface area contributed by atoms with Crippen LogP contribution in [0, 0.1) is 6.92 Å². The summed E-state index contributed by atoms with van der Waals surface area (Å²) < 4.78 is 5.48. The Morgan fingerprint density at radius 2 is 2.14 bits per heavy atom. The number of anilines is 1. The van der Waals surface area contributed by atoms with Crippen LogP contribution in [0.3, 0.4) is 0 Å². The molecule has 0 bridgehead atoms. The van der Waals surface area contributed by atoms with E-state index in [2.05, 4.69) is 15.6 Å². The van der Waals surface area contributed by atoms with Gasteiger partial charge < -0.3 is 15.1 Å². The highest BCUT2D eigenvalue weighted by molar-refractivity contribution is 5.99. The summed E-state index contributed by atoms with van der Waals surface area (Å²) in [6.07, 6.45) is 2.49. The molecular weight excluding hydrogens is 266 g/mol. The van der Waals surface area contributed by atoms with Gasteiger partial charge >= 0.3 is 0 Å². The predicted molar refractivity (Wildman–Crippen MR) is 82.4 cm³/mol. The number of nitrogens with one attached hydrogen (secondary N) is 2. The first-order chi connectivity index (χ1) is 10.1. The minimum atomic E-state index is -0.133. The largest absolute Gasteiger partial charge is 0.444 e. The van der Waals surface area contributed by atoms with Crippen LogP contribution in [-0.2, 0) is 13.0 Å². The SMILES string of the molecule is CCNc1ccc(C)cc1C(=O)NCc1ncc(CC)o1. The fourth-order valence-corrected chi connectivity index (χ4v) is 2.03. The highest BCUT2D eigenvalue weighted by Crippen LogP contribution is 2.17. The topological polar surface area (TPSA) is 67.2 Å². The molecule has 5 heteroatoms. The van der Waals surface area contributed by atoms with Crippen LogP contribution in [0.1, 0.15) is 41.4 Å². The summed E-state index contributed by atoms with van der Waals surface area (Å²) in [6, 6.07) is 5.78. The molecule has 1 aromatic carbocycles. The van der Waals surface area contributed by atoms with Crippen molar-refractivity contribution in [3.63, 3.8) is 0 Å². The third-order valence-corrected chi connectivity index (χ3v) is 3.14. The molecule has 1 aromatic heterocycles. The Hall–Kier alpha value is -2.30. The lowest BCUT2D eigenvalue weighted by Crippen LogP contribution is -2.24. The summed E-state index contributed by atoms with van der Waals surface area (Å²) in [5.74, 6) is 1.21. The molecule has 0 aliphatic heterocycles. The first-order valence-corrected chi connectivity index (χ1v) is 7.20. The molecular formula is C16H21N3O2. The van der Waals surface area contributed by atoms with E-state index in [4.69, 9.17) is 4.42 Å². The van der Waals surface area contributed by atoms with E-state index in [9.17, 15) is 4.79 Å². The Morgan fingerprint density at radius 1 is 1.33 bits per heavy atom. The smallest absolute Gasteiger partial charge is 0.253 e. The van der Waals surface area contributed by atoms with Gasteiger partial charge in [0, 0.05) is 18.7 Å². The van der Waals surface area contributed by atoms with E-state index in [1.54, 1.807) is 6.20 Å². The Balaban J connectivity index is 2.07. The van der Waals surface area contributed by atoms with Crippen molar-refractivity contribution in [2.45, 2.75) is 33.7 Å². The molecule has 0 aliphatic rings. The first kappa shape index (κ1) is 15.1. The lowest BCUT2D eigenvalue weighted by molar-refractivity contribution is 0.0948. The maximum absolute atomic E-state index is 12.3. The van der Waals surface area contributed by atoms with Gasteiger partial charge in [-0.25, -0.2) is 4.98 Å². The molecule has 1 amide bonds. The minimum absolute atomic E-state index is 0.133. The predicted octanol–water partition coefficient (Wildman–Crippen LogP) is 2.91. The Labute approximate surface area is 124 Å². The first-order valence-electron chi connectivity index (χ1n) is 7.20. The summed E-state index contributed by atoms with van der Waals surface area (Å²) in [4.78, 5) is 16.5. The second-order valence-corrected chi connectivity index (χ2v) is 4.84.